The van der Waals surface area contributed by atoms with Crippen LogP contribution in [0.5, 0.6) is 11.5 Å². The number of rotatable bonds is 28. The van der Waals surface area contributed by atoms with Crippen LogP contribution < -0.4 is 9.47 Å². The fraction of sp³-hybridized carbons (Fsp3) is 0.683. The summed E-state index contributed by atoms with van der Waals surface area (Å²) in [6.07, 6.45) is 22.8. The molecule has 0 aliphatic carbocycles. The summed E-state index contributed by atoms with van der Waals surface area (Å²) in [7, 11) is 1.77. The van der Waals surface area contributed by atoms with E-state index in [4.69, 9.17) is 9.47 Å². The molecule has 5 nitrogen and oxygen atoms in total. The number of ether oxygens (including phenoxy) is 2. The Hall–Kier alpha value is -2.58. The van der Waals surface area contributed by atoms with Crippen LogP contribution in [0.15, 0.2) is 58.8 Å². The molecule has 0 N–H and O–H groups in total. The molecule has 2 atom stereocenters. The van der Waals surface area contributed by atoms with E-state index < -0.39 is 5.41 Å². The molecule has 0 saturated heterocycles. The third kappa shape index (κ3) is 18.0. The fourth-order valence-electron chi connectivity index (χ4n) is 6.24. The molecule has 0 aliphatic heterocycles. The van der Waals surface area contributed by atoms with E-state index in [2.05, 4.69) is 73.5 Å². The first-order valence-corrected chi connectivity index (χ1v) is 18.8. The molecule has 0 fully saturated rings. The molecule has 0 amide bonds. The number of benzene rings is 2. The first-order chi connectivity index (χ1) is 22.6. The zero-order valence-corrected chi connectivity index (χ0v) is 31.1. The van der Waals surface area contributed by atoms with Crippen LogP contribution in [0.4, 0.5) is 0 Å². The summed E-state index contributed by atoms with van der Waals surface area (Å²) < 4.78 is 12.0. The third-order valence-corrected chi connectivity index (χ3v) is 9.18. The van der Waals surface area contributed by atoms with Gasteiger partial charge in [0, 0.05) is 7.05 Å². The van der Waals surface area contributed by atoms with Crippen LogP contribution in [0.2, 0.25) is 0 Å². The highest BCUT2D eigenvalue weighted by atomic mass is 35.5. The predicted molar refractivity (Wildman–Crippen MR) is 201 cm³/mol. The molecule has 47 heavy (non-hydrogen) atoms. The Labute approximate surface area is 294 Å². The topological polar surface area (TPSA) is 67.0 Å². The summed E-state index contributed by atoms with van der Waals surface area (Å²) >= 11 is 0. The van der Waals surface area contributed by atoms with Crippen LogP contribution >= 0.6 is 12.4 Å². The number of nitriles is 1. The molecule has 2 unspecified atom stereocenters. The molecule has 0 aliphatic rings. The number of hydrogen-bond acceptors (Lipinski definition) is 5. The minimum atomic E-state index is -0.512. The lowest BCUT2D eigenvalue weighted by molar-refractivity contribution is 0.308. The van der Waals surface area contributed by atoms with Gasteiger partial charge in [-0.05, 0) is 86.8 Å². The zero-order chi connectivity index (χ0) is 33.1. The van der Waals surface area contributed by atoms with Gasteiger partial charge in [0.05, 0.1) is 30.7 Å². The average molecular weight is 668 g/mol. The summed E-state index contributed by atoms with van der Waals surface area (Å²) in [4.78, 5) is 0. The zero-order valence-electron chi connectivity index (χ0n) is 30.3. The van der Waals surface area contributed by atoms with Crippen molar-refractivity contribution in [1.82, 2.24) is 0 Å². The molecule has 2 aromatic carbocycles. The summed E-state index contributed by atoms with van der Waals surface area (Å²) in [5.74, 6) is 1.83. The standard InChI is InChI=1S/C41H65N3O2.ClH/c1-5-8-11-12-13-14-15-16-17-18-29-41(35-42,37-23-20-26-40(34-37)46-32-10-7-3)30-21-24-38(44-43-4)28-27-36-22-19-25-39(33-36)45-31-9-6-2;/h19-20,22-23,25-26,33-34,38H,5-18,21,24,27-32H2,1-4H3;1H. The molecule has 0 heterocycles. The van der Waals surface area contributed by atoms with E-state index in [1.807, 2.05) is 12.1 Å². The second kappa shape index (κ2) is 27.4. The van der Waals surface area contributed by atoms with Gasteiger partial charge in [0.25, 0.3) is 0 Å². The highest BCUT2D eigenvalue weighted by Gasteiger charge is 2.32. The summed E-state index contributed by atoms with van der Waals surface area (Å²) in [5, 5.41) is 19.6. The predicted octanol–water partition coefficient (Wildman–Crippen LogP) is 12.8. The van der Waals surface area contributed by atoms with Crippen molar-refractivity contribution in [1.29, 1.82) is 5.26 Å². The molecule has 0 spiro atoms. The van der Waals surface area contributed by atoms with Gasteiger partial charge in [-0.1, -0.05) is 122 Å². The first-order valence-electron chi connectivity index (χ1n) is 18.8. The second-order valence-electron chi connectivity index (χ2n) is 13.1. The van der Waals surface area contributed by atoms with Crippen molar-refractivity contribution in [2.75, 3.05) is 20.3 Å². The highest BCUT2D eigenvalue weighted by Crippen LogP contribution is 2.37. The van der Waals surface area contributed by atoms with Crippen molar-refractivity contribution in [2.45, 2.75) is 161 Å². The first kappa shape index (κ1) is 42.4. The van der Waals surface area contributed by atoms with Gasteiger partial charge >= 0.3 is 0 Å². The van der Waals surface area contributed by atoms with Crippen molar-refractivity contribution in [3.63, 3.8) is 0 Å². The summed E-state index contributed by atoms with van der Waals surface area (Å²) in [5.41, 5.74) is 1.87. The van der Waals surface area contributed by atoms with Gasteiger partial charge in [0.15, 0.2) is 0 Å². The van der Waals surface area contributed by atoms with Gasteiger partial charge in [-0.15, -0.1) is 12.4 Å². The van der Waals surface area contributed by atoms with Gasteiger partial charge in [-0.3, -0.25) is 0 Å². The third-order valence-electron chi connectivity index (χ3n) is 9.18. The van der Waals surface area contributed by atoms with Gasteiger partial charge in [-0.25, -0.2) is 0 Å². The lowest BCUT2D eigenvalue weighted by atomic mass is 9.73. The van der Waals surface area contributed by atoms with Gasteiger partial charge < -0.3 is 9.47 Å². The Morgan fingerprint density at radius 1 is 0.681 bits per heavy atom. The fourth-order valence-corrected chi connectivity index (χ4v) is 6.24. The molecular weight excluding hydrogens is 602 g/mol. The Kier molecular flexibility index (Phi) is 24.7. The molecule has 264 valence electrons. The van der Waals surface area contributed by atoms with Crippen LogP contribution in [-0.2, 0) is 11.8 Å². The smallest absolute Gasteiger partial charge is 0.119 e. The van der Waals surface area contributed by atoms with Gasteiger partial charge in [-0.2, -0.15) is 15.5 Å². The molecule has 0 saturated carbocycles. The van der Waals surface area contributed by atoms with Crippen LogP contribution in [0.25, 0.3) is 0 Å². The average Bonchev–Trinajstić information content (AvgIpc) is 3.08. The molecular formula is C41H66ClN3O2. The van der Waals surface area contributed by atoms with E-state index in [0.717, 1.165) is 101 Å². The van der Waals surface area contributed by atoms with E-state index in [1.165, 1.54) is 63.4 Å². The van der Waals surface area contributed by atoms with E-state index in [-0.39, 0.29) is 18.4 Å². The van der Waals surface area contributed by atoms with E-state index >= 15 is 0 Å². The summed E-state index contributed by atoms with van der Waals surface area (Å²) in [6.45, 7) is 8.12. The van der Waals surface area contributed by atoms with E-state index in [1.54, 1.807) is 7.05 Å². The van der Waals surface area contributed by atoms with Crippen molar-refractivity contribution >= 4 is 12.4 Å². The van der Waals surface area contributed by atoms with Crippen molar-refractivity contribution in [3.8, 4) is 17.6 Å². The van der Waals surface area contributed by atoms with Gasteiger partial charge in [0.2, 0.25) is 0 Å². The number of unbranched alkanes of at least 4 members (excludes halogenated alkanes) is 11. The van der Waals surface area contributed by atoms with Crippen molar-refractivity contribution in [2.24, 2.45) is 10.2 Å². The molecule has 0 radical (unpaired) electrons. The number of azo groups is 1. The summed E-state index contributed by atoms with van der Waals surface area (Å²) in [6, 6.07) is 19.8. The SMILES string of the molecule is CCCCCCCCCCCCC(C#N)(CCCC(CCc1cccc(OCCCC)c1)N=NC)c1cccc(OCCCC)c1.Cl. The minimum Gasteiger partial charge on any atom is -0.494 e. The Morgan fingerprint density at radius 3 is 1.83 bits per heavy atom. The maximum atomic E-state index is 10.8. The molecule has 0 aromatic heterocycles. The van der Waals surface area contributed by atoms with Crippen LogP contribution in [0.1, 0.15) is 154 Å². The van der Waals surface area contributed by atoms with Crippen LogP contribution in [-0.4, -0.2) is 26.3 Å². The molecule has 2 rings (SSSR count). The number of hydrogen-bond donors (Lipinski definition) is 0. The van der Waals surface area contributed by atoms with E-state index in [0.29, 0.717) is 0 Å². The van der Waals surface area contributed by atoms with E-state index in [9.17, 15) is 5.26 Å². The maximum absolute atomic E-state index is 10.8. The van der Waals surface area contributed by atoms with Crippen molar-refractivity contribution < 1.29 is 9.47 Å². The highest BCUT2D eigenvalue weighted by molar-refractivity contribution is 5.85. The lowest BCUT2D eigenvalue weighted by Crippen LogP contribution is -2.25. The van der Waals surface area contributed by atoms with Crippen molar-refractivity contribution in [3.05, 3.63) is 59.7 Å². The number of aryl methyl sites for hydroxylation is 1. The molecule has 2 aromatic rings. The van der Waals surface area contributed by atoms with Crippen LogP contribution in [0.3, 0.4) is 0 Å². The number of halogens is 1. The van der Waals surface area contributed by atoms with Gasteiger partial charge in [0.1, 0.15) is 11.5 Å². The van der Waals surface area contributed by atoms with Crippen LogP contribution in [0, 0.1) is 11.3 Å². The monoisotopic (exact) mass is 667 g/mol. The Bertz CT molecular complexity index is 1120. The molecule has 6 heteroatoms. The minimum absolute atomic E-state index is 0. The number of nitrogens with zero attached hydrogens (tertiary/aromatic N) is 3. The Morgan fingerprint density at radius 2 is 1.23 bits per heavy atom. The maximum Gasteiger partial charge on any atom is 0.119 e. The second-order valence-corrected chi connectivity index (χ2v) is 13.1. The Balaban J connectivity index is 0.0000110. The quantitative estimate of drug-likeness (QED) is 0.0669. The lowest BCUT2D eigenvalue weighted by Gasteiger charge is -2.28. The normalized spacial score (nSPS) is 13.1. The largest absolute Gasteiger partial charge is 0.494 e. The molecule has 0 bridgehead atoms.